The number of amidine groups is 1. The highest BCUT2D eigenvalue weighted by atomic mass is 16.6. The molecule has 126 heavy (non-hydrogen) atoms. The maximum atomic E-state index is 14.3. The van der Waals surface area contributed by atoms with Gasteiger partial charge in [0.05, 0.1) is 114 Å². The van der Waals surface area contributed by atoms with Crippen molar-refractivity contribution in [2.24, 2.45) is 16.9 Å². The van der Waals surface area contributed by atoms with Crippen molar-refractivity contribution in [3.63, 3.8) is 0 Å². The Labute approximate surface area is 733 Å². The molecule has 694 valence electrons. The number of carboxylic acid groups (broad SMARTS) is 1. The summed E-state index contributed by atoms with van der Waals surface area (Å²) < 4.78 is 35.8. The van der Waals surface area contributed by atoms with E-state index in [-0.39, 0.29) is 139 Å². The largest absolute Gasteiger partial charge is 0.481 e. The molecule has 0 radical (unpaired) electrons. The van der Waals surface area contributed by atoms with E-state index in [1.807, 2.05) is 24.3 Å². The summed E-state index contributed by atoms with van der Waals surface area (Å²) in [6.07, 6.45) is -7.74. The van der Waals surface area contributed by atoms with Crippen molar-refractivity contribution in [2.75, 3.05) is 163 Å². The number of benzene rings is 3. The minimum absolute atomic E-state index is 0.00506. The van der Waals surface area contributed by atoms with Crippen LogP contribution in [0.1, 0.15) is 114 Å². The van der Waals surface area contributed by atoms with E-state index in [0.29, 0.717) is 152 Å². The van der Waals surface area contributed by atoms with Crippen LogP contribution in [0.5, 0.6) is 0 Å². The van der Waals surface area contributed by atoms with Gasteiger partial charge in [0, 0.05) is 153 Å². The number of hydrogen-bond acceptors (Lipinski definition) is 30. The molecule has 40 nitrogen and oxygen atoms in total. The van der Waals surface area contributed by atoms with Crippen molar-refractivity contribution in [3.8, 4) is 22.5 Å². The third-order valence-corrected chi connectivity index (χ3v) is 22.5. The van der Waals surface area contributed by atoms with Gasteiger partial charge in [-0.3, -0.25) is 58.1 Å². The first kappa shape index (κ1) is 100. The molecule has 3 aromatic carbocycles. The van der Waals surface area contributed by atoms with E-state index >= 15 is 0 Å². The number of unbranched alkanes of at least 4 members (excludes halogenated alkanes) is 2. The number of fused-ring (bicyclic) bond motifs is 20. The molecule has 10 rings (SSSR count). The summed E-state index contributed by atoms with van der Waals surface area (Å²) in [6, 6.07) is 17.2. The molecule has 2 unspecified atom stereocenters. The van der Waals surface area contributed by atoms with E-state index in [0.717, 1.165) is 44.8 Å². The summed E-state index contributed by atoms with van der Waals surface area (Å²) in [6.45, 7) is 11.0. The van der Waals surface area contributed by atoms with Gasteiger partial charge < -0.3 is 129 Å². The fraction of sp³-hybridized carbons (Fsp3) is 0.628. The number of carboxylic acids is 1. The smallest absolute Gasteiger partial charge is 0.305 e. The molecule has 6 aliphatic rings. The van der Waals surface area contributed by atoms with Gasteiger partial charge in [0.1, 0.15) is 66.3 Å². The van der Waals surface area contributed by atoms with Crippen molar-refractivity contribution < 1.29 is 102 Å². The lowest BCUT2D eigenvalue weighted by Crippen LogP contribution is -2.62. The number of ketones is 3. The van der Waals surface area contributed by atoms with Crippen LogP contribution in [-0.4, -0.2) is 324 Å². The number of rotatable bonds is 44. The van der Waals surface area contributed by atoms with Crippen molar-refractivity contribution in [1.82, 2.24) is 78.8 Å². The Morgan fingerprint density at radius 1 is 0.540 bits per heavy atom. The number of nitrogens with zero attached hydrogens (tertiary/aromatic N) is 4. The minimum Gasteiger partial charge on any atom is -0.481 e. The highest BCUT2D eigenvalue weighted by Crippen LogP contribution is 2.42. The number of aliphatic hydroxyl groups excluding tert-OH is 3. The van der Waals surface area contributed by atoms with Crippen LogP contribution in [0.25, 0.3) is 22.5 Å². The lowest BCUT2D eigenvalue weighted by molar-refractivity contribution is -0.221. The fourth-order valence-corrected chi connectivity index (χ4v) is 15.6. The summed E-state index contributed by atoms with van der Waals surface area (Å²) in [5.74, 6) is -7.46. The number of aliphatic hydroxyl groups is 3. The molecule has 7 amide bonds. The lowest BCUT2D eigenvalue weighted by Gasteiger charge is -2.40. The summed E-state index contributed by atoms with van der Waals surface area (Å²) in [7, 11) is 0. The number of anilines is 1. The second-order valence-electron chi connectivity index (χ2n) is 32.7. The van der Waals surface area contributed by atoms with Gasteiger partial charge in [-0.1, -0.05) is 84.4 Å². The molecule has 5 saturated heterocycles. The van der Waals surface area contributed by atoms with Crippen molar-refractivity contribution in [1.29, 1.82) is 5.41 Å². The molecule has 0 spiro atoms. The summed E-state index contributed by atoms with van der Waals surface area (Å²) >= 11 is 0. The first-order chi connectivity index (χ1) is 60.9. The molecule has 9 atom stereocenters. The van der Waals surface area contributed by atoms with Gasteiger partial charge in [-0.25, -0.2) is 4.68 Å². The number of aromatic nitrogens is 3. The number of nitrogens with two attached hydrogens (primary N) is 2. The predicted molar refractivity (Wildman–Crippen MR) is 462 cm³/mol. The maximum absolute atomic E-state index is 14.3. The number of para-hydroxylation sites is 1. The molecule has 21 N–H and O–H groups in total. The number of aliphatic carboxylic acids is 1. The first-order valence-electron chi connectivity index (χ1n) is 43.8. The second-order valence-corrected chi connectivity index (χ2v) is 32.7. The zero-order valence-corrected chi connectivity index (χ0v) is 71.8. The Bertz CT molecular complexity index is 4140. The van der Waals surface area contributed by atoms with Crippen LogP contribution in [0, 0.1) is 10.8 Å². The fourth-order valence-electron chi connectivity index (χ4n) is 15.6. The molecular weight excluding hydrogens is 1640 g/mol. The van der Waals surface area contributed by atoms with Crippen molar-refractivity contribution in [3.05, 3.63) is 90.0 Å². The summed E-state index contributed by atoms with van der Waals surface area (Å²) in [5, 5.41) is 96.2. The van der Waals surface area contributed by atoms with Crippen LogP contribution >= 0.6 is 0 Å². The van der Waals surface area contributed by atoms with Gasteiger partial charge in [-0.15, -0.1) is 5.10 Å². The number of ether oxygens (including phenoxy) is 6. The van der Waals surface area contributed by atoms with E-state index in [2.05, 4.69) is 74.1 Å². The third kappa shape index (κ3) is 33.2. The van der Waals surface area contributed by atoms with Crippen LogP contribution < -0.4 is 80.2 Å². The Morgan fingerprint density at radius 2 is 1.07 bits per heavy atom. The highest BCUT2D eigenvalue weighted by Gasteiger charge is 2.47. The standard InChI is InChI=1S/C86H129N19O21/c87-70(88)22-9-7-19-64-80(116)97-48-71(109)98-67(46-73(111)112)83(119)101-66(45-57-13-2-1-3-14-57)82(118)100-65(81(117)99-64)20-10-11-28-96-84(120)79-78(115)77(114)76(113)69(126-79)25-24-61(108)50-105-75-62-17-5-4-15-58(62)49-104(68-21-8-6-18-63(68)74(75)102-103-105)72(110)23-12-16-59(106)26-35-121-37-39-123-41-43-125-44-42-124-40-38-122-36-27-60(107)47-85-51-90-29-32-93-54-86(89,55-94-33-30-91-52-85)56-95-34-31-92-53-85/h1-6,8,13-15,17-18,21,64-67,69,76-79,90-95,113-115H,7,9-12,16,19-20,22-56,89H2,(H3,87,88)(H,96,120)(H,97,116)(H,98,109)(H,99,117)(H,100,118)(H,101,119)(H,111,112)/t64-,65-,66+,67-,69+,76-,77?,78-,79?,85?,86?/m0/s1. The van der Waals surface area contributed by atoms with Crippen molar-refractivity contribution >= 4 is 76.2 Å². The van der Waals surface area contributed by atoms with Gasteiger partial charge in [0.15, 0.2) is 11.9 Å². The Kier molecular flexibility index (Phi) is 42.3. The molecular formula is C86H129N19O21. The van der Waals surface area contributed by atoms with E-state index in [4.69, 9.17) is 45.3 Å². The summed E-state index contributed by atoms with van der Waals surface area (Å²) in [4.78, 5) is 151. The number of hydrogen-bond donors (Lipinski definition) is 19. The van der Waals surface area contributed by atoms with Crippen LogP contribution in [0.4, 0.5) is 5.69 Å². The molecule has 2 bridgehead atoms. The van der Waals surface area contributed by atoms with Crippen LogP contribution in [0.15, 0.2) is 78.9 Å². The number of nitrogens with one attached hydrogen (secondary N) is 13. The number of amides is 7. The molecule has 1 aromatic heterocycles. The minimum atomic E-state index is -1.92. The number of carbonyl (C=O) groups excluding carboxylic acids is 10. The van der Waals surface area contributed by atoms with Gasteiger partial charge in [-0.05, 0) is 62.1 Å². The van der Waals surface area contributed by atoms with Crippen LogP contribution in [-0.2, 0) is 101 Å². The van der Waals surface area contributed by atoms with E-state index in [1.54, 1.807) is 59.5 Å². The lowest BCUT2D eigenvalue weighted by atomic mass is 9.81. The van der Waals surface area contributed by atoms with E-state index in [9.17, 15) is 73.2 Å². The third-order valence-electron chi connectivity index (χ3n) is 22.5. The quantitative estimate of drug-likeness (QED) is 0.0119. The molecule has 0 aliphatic carbocycles. The van der Waals surface area contributed by atoms with Crippen LogP contribution in [0.2, 0.25) is 0 Å². The summed E-state index contributed by atoms with van der Waals surface area (Å²) in [5.41, 5.74) is 15.5. The Morgan fingerprint density at radius 3 is 1.68 bits per heavy atom. The molecule has 6 aliphatic heterocycles. The van der Waals surface area contributed by atoms with Gasteiger partial charge in [0.25, 0.3) is 5.91 Å². The Balaban J connectivity index is 0.675. The second kappa shape index (κ2) is 53.3. The predicted octanol–water partition coefficient (Wildman–Crippen LogP) is -2.96. The highest BCUT2D eigenvalue weighted by molar-refractivity contribution is 6.01. The van der Waals surface area contributed by atoms with Gasteiger partial charge >= 0.3 is 5.97 Å². The van der Waals surface area contributed by atoms with Gasteiger partial charge in [-0.2, -0.15) is 0 Å². The molecule has 4 aromatic rings. The molecule has 7 heterocycles. The molecule has 40 heteroatoms. The SMILES string of the molecule is N=C(N)CCCC[C@@H]1NC(=O)[C@H](CCCCNC(=O)C2O[C@H](CCC(=O)Cn3nnc4c3-c3ccccc3CN(C(=O)CCCC(=O)CCOCCOCCOCCOCCOCCC(=O)CC35CNCCNCC(N)(CNCCNC3)CNCCNC5)c3ccccc3-4)[C@H](O)C(O)[C@@H]2O)NC(=O)[C@@H](Cc2ccccc2)NC(=O)[C@H](CC(=O)O)NC(=O)CNC1=O. The van der Waals surface area contributed by atoms with Gasteiger partial charge in [0.2, 0.25) is 35.4 Å². The van der Waals surface area contributed by atoms with E-state index in [1.165, 1.54) is 4.68 Å². The monoisotopic (exact) mass is 1760 g/mol. The molecule has 0 saturated carbocycles. The van der Waals surface area contributed by atoms with E-state index < -0.39 is 120 Å². The average molecular weight is 1770 g/mol. The average Bonchev–Trinajstić information content (AvgIpc) is 1.54. The molecule has 5 fully saturated rings. The number of Topliss-reactive ketones (excluding diaryl/α,β-unsaturated/α-hetero) is 3. The topological polar surface area (TPSA) is 578 Å². The number of carbonyl (C=O) groups is 11. The van der Waals surface area contributed by atoms with Crippen molar-refractivity contribution in [2.45, 2.75) is 182 Å². The zero-order valence-electron chi connectivity index (χ0n) is 71.8. The normalized spacial score (nSPS) is 23.8. The first-order valence-corrected chi connectivity index (χ1v) is 43.8. The zero-order chi connectivity index (χ0) is 90.1. The Hall–Kier alpha value is -9.60. The van der Waals surface area contributed by atoms with Crippen LogP contribution in [0.3, 0.4) is 0 Å². The maximum Gasteiger partial charge on any atom is 0.305 e.